The number of amides is 2. The topological polar surface area (TPSA) is 68.2 Å². The van der Waals surface area contributed by atoms with Gasteiger partial charge in [-0.2, -0.15) is 0 Å². The largest absolute Gasteiger partial charge is 0.333 e. The van der Waals surface area contributed by atoms with E-state index in [9.17, 15) is 9.59 Å². The number of likely N-dealkylation sites (N-methyl/N-ethyl adjacent to an activating group) is 1. The van der Waals surface area contributed by atoms with Gasteiger partial charge in [0.15, 0.2) is 5.84 Å². The molecule has 4 aliphatic heterocycles. The molecule has 7 heteroatoms. The molecule has 23 heavy (non-hydrogen) atoms. The fourth-order valence-electron chi connectivity index (χ4n) is 3.34. The first-order valence-corrected chi connectivity index (χ1v) is 7.89. The summed E-state index contributed by atoms with van der Waals surface area (Å²) in [5.74, 6) is 0.311. The Kier molecular flexibility index (Phi) is 3.30. The molecule has 4 heterocycles. The molecule has 0 aliphatic carbocycles. The maximum Gasteiger partial charge on any atom is 0.289 e. The minimum Gasteiger partial charge on any atom is -0.333 e. The minimum absolute atomic E-state index is 0.0262. The maximum atomic E-state index is 12.9. The van der Waals surface area contributed by atoms with Crippen molar-refractivity contribution < 1.29 is 9.59 Å². The fourth-order valence-corrected chi connectivity index (χ4v) is 3.34. The molecule has 120 valence electrons. The summed E-state index contributed by atoms with van der Waals surface area (Å²) < 4.78 is 0. The molecule has 0 radical (unpaired) electrons. The van der Waals surface area contributed by atoms with Crippen molar-refractivity contribution in [1.82, 2.24) is 20.0 Å². The zero-order valence-corrected chi connectivity index (χ0v) is 13.1. The average Bonchev–Trinajstić information content (AvgIpc) is 2.89. The van der Waals surface area contributed by atoms with Gasteiger partial charge in [-0.15, -0.1) is 0 Å². The van der Waals surface area contributed by atoms with Gasteiger partial charge in [-0.1, -0.05) is 0 Å². The number of carbonyl (C=O) groups excluding carboxylic acids is 2. The lowest BCUT2D eigenvalue weighted by molar-refractivity contribution is -0.126. The second kappa shape index (κ2) is 5.34. The first kappa shape index (κ1) is 14.2. The summed E-state index contributed by atoms with van der Waals surface area (Å²) >= 11 is 0. The summed E-state index contributed by atoms with van der Waals surface area (Å²) in [6.07, 6.45) is 5.67. The number of nitrogens with one attached hydrogen (secondary N) is 1. The number of hydrogen-bond acceptors (Lipinski definition) is 5. The Morgan fingerprint density at radius 2 is 1.96 bits per heavy atom. The molecule has 2 amide bonds. The Labute approximate surface area is 134 Å². The van der Waals surface area contributed by atoms with Crippen LogP contribution in [0.4, 0.5) is 0 Å². The van der Waals surface area contributed by atoms with Crippen LogP contribution in [0.1, 0.15) is 6.42 Å². The normalized spacial score (nSPS) is 24.1. The van der Waals surface area contributed by atoms with Gasteiger partial charge in [-0.3, -0.25) is 9.59 Å². The highest BCUT2D eigenvalue weighted by Gasteiger charge is 2.36. The molecule has 7 nitrogen and oxygen atoms in total. The van der Waals surface area contributed by atoms with Crippen LogP contribution in [0.5, 0.6) is 0 Å². The van der Waals surface area contributed by atoms with Crippen molar-refractivity contribution in [3.05, 3.63) is 35.3 Å². The molecule has 1 fully saturated rings. The van der Waals surface area contributed by atoms with E-state index in [2.05, 4.69) is 22.3 Å². The third kappa shape index (κ3) is 2.37. The van der Waals surface area contributed by atoms with E-state index in [1.165, 1.54) is 6.08 Å². The van der Waals surface area contributed by atoms with E-state index in [1.807, 2.05) is 9.80 Å². The van der Waals surface area contributed by atoms with Crippen molar-refractivity contribution in [2.75, 3.05) is 39.8 Å². The van der Waals surface area contributed by atoms with E-state index < -0.39 is 0 Å². The maximum absolute atomic E-state index is 12.9. The van der Waals surface area contributed by atoms with E-state index in [0.29, 0.717) is 12.4 Å². The van der Waals surface area contributed by atoms with Crippen molar-refractivity contribution in [3.63, 3.8) is 0 Å². The van der Waals surface area contributed by atoms with Crippen LogP contribution < -0.4 is 5.32 Å². The second-order valence-electron chi connectivity index (χ2n) is 6.18. The van der Waals surface area contributed by atoms with E-state index in [-0.39, 0.29) is 11.8 Å². The van der Waals surface area contributed by atoms with Crippen LogP contribution in [0.15, 0.2) is 40.3 Å². The third-order valence-electron chi connectivity index (χ3n) is 4.67. The van der Waals surface area contributed by atoms with E-state index >= 15 is 0 Å². The first-order chi connectivity index (χ1) is 11.1. The number of rotatable bonds is 1. The number of piperazine rings is 1. The van der Waals surface area contributed by atoms with E-state index in [1.54, 1.807) is 12.3 Å². The molecule has 0 saturated carbocycles. The van der Waals surface area contributed by atoms with Gasteiger partial charge in [0.2, 0.25) is 5.91 Å². The highest BCUT2D eigenvalue weighted by Crippen LogP contribution is 2.33. The van der Waals surface area contributed by atoms with Crippen molar-refractivity contribution in [1.29, 1.82) is 0 Å². The molecular formula is C16H19N5O2. The lowest BCUT2D eigenvalue weighted by Crippen LogP contribution is -2.52. The van der Waals surface area contributed by atoms with E-state index in [4.69, 9.17) is 0 Å². The van der Waals surface area contributed by atoms with Crippen molar-refractivity contribution in [3.8, 4) is 0 Å². The van der Waals surface area contributed by atoms with Gasteiger partial charge in [0.05, 0.1) is 5.70 Å². The van der Waals surface area contributed by atoms with Crippen LogP contribution in [0.2, 0.25) is 0 Å². The Morgan fingerprint density at radius 3 is 2.74 bits per heavy atom. The smallest absolute Gasteiger partial charge is 0.289 e. The third-order valence-corrected chi connectivity index (χ3v) is 4.67. The quantitative estimate of drug-likeness (QED) is 0.719. The zero-order valence-electron chi connectivity index (χ0n) is 13.1. The van der Waals surface area contributed by atoms with Crippen molar-refractivity contribution in [2.24, 2.45) is 4.99 Å². The summed E-state index contributed by atoms with van der Waals surface area (Å²) in [5, 5.41) is 2.90. The van der Waals surface area contributed by atoms with Gasteiger partial charge in [-0.05, 0) is 13.1 Å². The predicted octanol–water partition coefficient (Wildman–Crippen LogP) is -0.340. The van der Waals surface area contributed by atoms with Crippen LogP contribution in [0.25, 0.3) is 0 Å². The number of aliphatic imine (C=N–C) groups is 1. The summed E-state index contributed by atoms with van der Waals surface area (Å²) in [7, 11) is 2.06. The number of carbonyl (C=O) groups is 2. The Bertz CT molecular complexity index is 695. The van der Waals surface area contributed by atoms with Gasteiger partial charge < -0.3 is 20.0 Å². The Hall–Kier alpha value is -2.41. The first-order valence-electron chi connectivity index (χ1n) is 7.89. The number of allylic oxidation sites excluding steroid dienone is 1. The van der Waals surface area contributed by atoms with Gasteiger partial charge in [-0.25, -0.2) is 4.99 Å². The van der Waals surface area contributed by atoms with Gasteiger partial charge in [0, 0.05) is 62.7 Å². The van der Waals surface area contributed by atoms with Gasteiger partial charge >= 0.3 is 0 Å². The zero-order chi connectivity index (χ0) is 16.0. The SMILES string of the molecule is CN1CCN(C(=O)C2=NC=C3C=CC(=O)NC4=C3N2CC4)CC1. The summed E-state index contributed by atoms with van der Waals surface area (Å²) in [6.45, 7) is 3.89. The second-order valence-corrected chi connectivity index (χ2v) is 6.18. The lowest BCUT2D eigenvalue weighted by Gasteiger charge is -2.35. The monoisotopic (exact) mass is 313 g/mol. The molecule has 0 spiro atoms. The average molecular weight is 313 g/mol. The number of amidine groups is 1. The highest BCUT2D eigenvalue weighted by molar-refractivity contribution is 6.38. The standard InChI is InChI=1S/C16H19N5O2/c1-19-6-8-20(9-7-19)16(23)15-17-10-11-2-3-13(22)18-12-4-5-21(15)14(11)12/h2-3,10H,4-9H2,1H3,(H,18,22). The fraction of sp³-hybridized carbons (Fsp3) is 0.438. The molecule has 0 bridgehead atoms. The van der Waals surface area contributed by atoms with Crippen LogP contribution >= 0.6 is 0 Å². The molecule has 1 saturated heterocycles. The van der Waals surface area contributed by atoms with Crippen LogP contribution in [0, 0.1) is 0 Å². The molecule has 0 aromatic carbocycles. The molecule has 0 aromatic heterocycles. The predicted molar refractivity (Wildman–Crippen MR) is 85.2 cm³/mol. The highest BCUT2D eigenvalue weighted by atomic mass is 16.2. The van der Waals surface area contributed by atoms with E-state index in [0.717, 1.165) is 49.6 Å². The number of nitrogens with zero attached hydrogens (tertiary/aromatic N) is 4. The van der Waals surface area contributed by atoms with Crippen LogP contribution in [0.3, 0.4) is 0 Å². The Morgan fingerprint density at radius 1 is 1.17 bits per heavy atom. The summed E-state index contributed by atoms with van der Waals surface area (Å²) in [6, 6.07) is 0. The molecule has 1 N–H and O–H groups in total. The van der Waals surface area contributed by atoms with Crippen molar-refractivity contribution in [2.45, 2.75) is 6.42 Å². The summed E-state index contributed by atoms with van der Waals surface area (Å²) in [4.78, 5) is 35.0. The molecule has 4 aliphatic rings. The molecule has 0 atom stereocenters. The molecule has 0 aromatic rings. The van der Waals surface area contributed by atoms with Crippen LogP contribution in [-0.4, -0.2) is 72.1 Å². The molecule has 4 rings (SSSR count). The van der Waals surface area contributed by atoms with Crippen LogP contribution in [-0.2, 0) is 9.59 Å². The summed E-state index contributed by atoms with van der Waals surface area (Å²) in [5.41, 5.74) is 2.68. The van der Waals surface area contributed by atoms with Gasteiger partial charge in [0.25, 0.3) is 5.91 Å². The number of hydrogen-bond donors (Lipinski definition) is 1. The van der Waals surface area contributed by atoms with Crippen molar-refractivity contribution >= 4 is 17.6 Å². The molecule has 0 unspecified atom stereocenters. The van der Waals surface area contributed by atoms with Gasteiger partial charge in [0.1, 0.15) is 0 Å². The lowest BCUT2D eigenvalue weighted by atomic mass is 10.1. The minimum atomic E-state index is -0.128. The Balaban J connectivity index is 1.63. The molecular weight excluding hydrogens is 294 g/mol.